The quantitative estimate of drug-likeness (QED) is 0.241. The molecule has 154 valence electrons. The van der Waals surface area contributed by atoms with Crippen LogP contribution in [0.5, 0.6) is 0 Å². The second kappa shape index (κ2) is 6.31. The minimum absolute atomic E-state index is 0.177. The highest BCUT2D eigenvalue weighted by Gasteiger charge is 2.49. The zero-order valence-electron chi connectivity index (χ0n) is 17.8. The molecule has 2 nitrogen and oxygen atoms in total. The Labute approximate surface area is 195 Å². The van der Waals surface area contributed by atoms with E-state index < -0.39 is 0 Å². The first-order chi connectivity index (χ1) is 16.4. The van der Waals surface area contributed by atoms with Gasteiger partial charge in [-0.3, -0.25) is 0 Å². The number of allylic oxidation sites excluding steroid dienone is 2. The lowest BCUT2D eigenvalue weighted by Gasteiger charge is -2.32. The Morgan fingerprint density at radius 3 is 2.52 bits per heavy atom. The fourth-order valence-electron chi connectivity index (χ4n) is 5.79. The molecule has 0 saturated carbocycles. The third kappa shape index (κ3) is 2.20. The Hall–Kier alpha value is -3.95. The van der Waals surface area contributed by atoms with Crippen molar-refractivity contribution in [3.05, 3.63) is 115 Å². The molecule has 8 rings (SSSR count). The third-order valence-corrected chi connectivity index (χ3v) is 8.30. The zero-order valence-corrected chi connectivity index (χ0v) is 18.6. The Morgan fingerprint density at radius 2 is 1.58 bits per heavy atom. The van der Waals surface area contributed by atoms with Gasteiger partial charge in [-0.05, 0) is 17.7 Å². The maximum absolute atomic E-state index is 2.59. The van der Waals surface area contributed by atoms with Gasteiger partial charge in [0, 0.05) is 45.3 Å². The van der Waals surface area contributed by atoms with Crippen LogP contribution in [0, 0.1) is 0 Å². The van der Waals surface area contributed by atoms with E-state index in [1.807, 2.05) is 11.3 Å². The first-order valence-corrected chi connectivity index (χ1v) is 12.1. The van der Waals surface area contributed by atoms with Crippen molar-refractivity contribution in [2.75, 3.05) is 4.90 Å². The van der Waals surface area contributed by atoms with Gasteiger partial charge in [0.05, 0.1) is 10.4 Å². The number of benzene rings is 4. The van der Waals surface area contributed by atoms with Gasteiger partial charge in [0.2, 0.25) is 17.1 Å². The summed E-state index contributed by atoms with van der Waals surface area (Å²) in [6, 6.07) is 33.2. The van der Waals surface area contributed by atoms with Crippen LogP contribution in [0.15, 0.2) is 109 Å². The van der Waals surface area contributed by atoms with Gasteiger partial charge >= 0.3 is 0 Å². The summed E-state index contributed by atoms with van der Waals surface area (Å²) in [5.41, 5.74) is 9.09. The molecular weight excluding hydrogens is 420 g/mol. The summed E-state index contributed by atoms with van der Waals surface area (Å²) in [5, 5.41) is 2.70. The van der Waals surface area contributed by atoms with Crippen molar-refractivity contribution in [2.24, 2.45) is 0 Å². The molecule has 0 amide bonds. The second-order valence-electron chi connectivity index (χ2n) is 8.77. The lowest BCUT2D eigenvalue weighted by Crippen LogP contribution is -2.43. The van der Waals surface area contributed by atoms with Crippen molar-refractivity contribution in [2.45, 2.75) is 6.04 Å². The third-order valence-electron chi connectivity index (χ3n) is 7.10. The molecule has 1 unspecified atom stereocenters. The van der Waals surface area contributed by atoms with E-state index in [-0.39, 0.29) is 6.04 Å². The molecule has 0 spiro atoms. The molecular formula is C30H19N2S+. The lowest BCUT2D eigenvalue weighted by atomic mass is 9.92. The zero-order chi connectivity index (χ0) is 21.5. The minimum atomic E-state index is 0.177. The molecule has 3 heteroatoms. The number of thiophene rings is 1. The van der Waals surface area contributed by atoms with Gasteiger partial charge in [-0.2, -0.15) is 4.58 Å². The summed E-state index contributed by atoms with van der Waals surface area (Å²) in [6.07, 6.45) is 6.81. The number of hydrogen-bond acceptors (Lipinski definition) is 2. The van der Waals surface area contributed by atoms with Gasteiger partial charge in [-0.25, -0.2) is 0 Å². The smallest absolute Gasteiger partial charge is 0.235 e. The predicted octanol–water partition coefficient (Wildman–Crippen LogP) is 7.82. The highest BCUT2D eigenvalue weighted by Crippen LogP contribution is 2.56. The highest BCUT2D eigenvalue weighted by molar-refractivity contribution is 7.26. The van der Waals surface area contributed by atoms with Crippen LogP contribution in [-0.4, -0.2) is 11.8 Å². The fourth-order valence-corrected chi connectivity index (χ4v) is 7.04. The Balaban J connectivity index is 1.51. The molecule has 5 aromatic rings. The van der Waals surface area contributed by atoms with E-state index in [0.717, 1.165) is 0 Å². The molecule has 0 N–H and O–H groups in total. The first-order valence-electron chi connectivity index (χ1n) is 11.3. The number of nitrogens with zero attached hydrogens (tertiary/aromatic N) is 2. The Morgan fingerprint density at radius 1 is 0.758 bits per heavy atom. The summed E-state index contributed by atoms with van der Waals surface area (Å²) in [7, 11) is 0. The summed E-state index contributed by atoms with van der Waals surface area (Å²) >= 11 is 1.92. The van der Waals surface area contributed by atoms with Crippen LogP contribution in [0.4, 0.5) is 22.7 Å². The van der Waals surface area contributed by atoms with E-state index in [0.29, 0.717) is 0 Å². The molecule has 4 aromatic carbocycles. The Kier molecular flexibility index (Phi) is 3.36. The summed E-state index contributed by atoms with van der Waals surface area (Å²) < 4.78 is 5.17. The van der Waals surface area contributed by atoms with Crippen LogP contribution >= 0.6 is 11.3 Å². The van der Waals surface area contributed by atoms with Gasteiger partial charge in [-0.15, -0.1) is 11.3 Å². The summed E-state index contributed by atoms with van der Waals surface area (Å²) in [4.78, 5) is 2.59. The highest BCUT2D eigenvalue weighted by atomic mass is 32.1. The molecule has 0 bridgehead atoms. The maximum atomic E-state index is 2.59. The predicted molar refractivity (Wildman–Crippen MR) is 142 cm³/mol. The molecule has 0 fully saturated rings. The molecule has 2 aliphatic heterocycles. The van der Waals surface area contributed by atoms with E-state index in [2.05, 4.69) is 119 Å². The normalized spacial score (nSPS) is 17.9. The molecule has 3 aliphatic rings. The second-order valence-corrected chi connectivity index (χ2v) is 9.83. The topological polar surface area (TPSA) is 6.25 Å². The minimum Gasteiger partial charge on any atom is -0.316 e. The number of anilines is 2. The van der Waals surface area contributed by atoms with Crippen LogP contribution < -0.4 is 9.48 Å². The number of fused-ring (bicyclic) bond motifs is 9. The van der Waals surface area contributed by atoms with Gasteiger partial charge in [0.1, 0.15) is 11.7 Å². The average molecular weight is 440 g/mol. The van der Waals surface area contributed by atoms with Gasteiger partial charge in [0.15, 0.2) is 0 Å². The number of hydrogen-bond donors (Lipinski definition) is 0. The first kappa shape index (κ1) is 17.6. The number of rotatable bonds is 1. The van der Waals surface area contributed by atoms with Gasteiger partial charge in [-0.1, -0.05) is 72.8 Å². The van der Waals surface area contributed by atoms with Crippen LogP contribution in [-0.2, 0) is 0 Å². The molecule has 0 radical (unpaired) electrons. The molecule has 1 aliphatic carbocycles. The maximum Gasteiger partial charge on any atom is 0.235 e. The van der Waals surface area contributed by atoms with E-state index >= 15 is 0 Å². The van der Waals surface area contributed by atoms with E-state index in [1.54, 1.807) is 0 Å². The van der Waals surface area contributed by atoms with Crippen molar-refractivity contribution in [3.63, 3.8) is 0 Å². The van der Waals surface area contributed by atoms with Crippen molar-refractivity contribution in [1.82, 2.24) is 4.58 Å². The van der Waals surface area contributed by atoms with E-state index in [4.69, 9.17) is 0 Å². The summed E-state index contributed by atoms with van der Waals surface area (Å²) in [6.45, 7) is 0. The monoisotopic (exact) mass is 439 g/mol. The Bertz CT molecular complexity index is 1720. The molecule has 1 atom stereocenters. The fraction of sp³-hybridized carbons (Fsp3) is 0.0333. The molecule has 0 saturated heterocycles. The molecule has 1 aromatic heterocycles. The van der Waals surface area contributed by atoms with Crippen LogP contribution in [0.25, 0.3) is 25.7 Å². The average Bonchev–Trinajstić information content (AvgIpc) is 3.42. The molecule has 33 heavy (non-hydrogen) atoms. The van der Waals surface area contributed by atoms with Crippen molar-refractivity contribution < 1.29 is 0 Å². The van der Waals surface area contributed by atoms with Crippen LogP contribution in [0.2, 0.25) is 0 Å². The summed E-state index contributed by atoms with van der Waals surface area (Å²) in [5.74, 6) is 0. The van der Waals surface area contributed by atoms with Crippen LogP contribution in [0.1, 0.15) is 5.56 Å². The lowest BCUT2D eigenvalue weighted by molar-refractivity contribution is 0.934. The van der Waals surface area contributed by atoms with Gasteiger partial charge in [0.25, 0.3) is 0 Å². The number of para-hydroxylation sites is 3. The van der Waals surface area contributed by atoms with E-state index in [1.165, 1.54) is 59.8 Å². The van der Waals surface area contributed by atoms with Crippen LogP contribution in [0.3, 0.4) is 0 Å². The molecule has 3 heterocycles. The van der Waals surface area contributed by atoms with Gasteiger partial charge < -0.3 is 4.90 Å². The van der Waals surface area contributed by atoms with Crippen molar-refractivity contribution >= 4 is 65.5 Å². The largest absolute Gasteiger partial charge is 0.316 e. The standard InChI is InChI=1S/C30H19N2S/c1-2-9-19(10-3-1)31-24-13-5-6-14-25(24)32-28-21(12-8-15-26(28)31)22-17-18-23-20-11-4-7-16-27(20)33-30(23)29(22)32/h1-18,28H/q+1. The van der Waals surface area contributed by atoms with Crippen molar-refractivity contribution in [3.8, 4) is 0 Å². The van der Waals surface area contributed by atoms with E-state index in [9.17, 15) is 0 Å². The van der Waals surface area contributed by atoms with Crippen molar-refractivity contribution in [1.29, 1.82) is 0 Å². The SMILES string of the molecule is C1=CC2=[N+](c3ccccc3)c3ccccc3N3c4c(ccc5c4sc4ccccc45)C(=C1)C23.